The lowest BCUT2D eigenvalue weighted by atomic mass is 10.1. The van der Waals surface area contributed by atoms with E-state index in [9.17, 15) is 14.7 Å². The third-order valence-corrected chi connectivity index (χ3v) is 3.78. The summed E-state index contributed by atoms with van der Waals surface area (Å²) < 4.78 is 5.40. The fourth-order valence-corrected chi connectivity index (χ4v) is 2.75. The number of carboxylic acids is 1. The zero-order chi connectivity index (χ0) is 17.7. The minimum absolute atomic E-state index is 0.349. The van der Waals surface area contributed by atoms with Crippen molar-refractivity contribution in [3.05, 3.63) is 30.1 Å². The Morgan fingerprint density at radius 2 is 2.00 bits per heavy atom. The number of aliphatic carboxylic acids is 1. The largest absolute Gasteiger partial charge is 0.480 e. The molecule has 1 aromatic rings. The van der Waals surface area contributed by atoms with Gasteiger partial charge in [-0.25, -0.2) is 4.79 Å². The number of aromatic nitrogens is 1. The van der Waals surface area contributed by atoms with Gasteiger partial charge < -0.3 is 14.7 Å². The van der Waals surface area contributed by atoms with Gasteiger partial charge in [0.15, 0.2) is 0 Å². The van der Waals surface area contributed by atoms with E-state index in [1.54, 1.807) is 29.4 Å². The predicted octanol–water partition coefficient (Wildman–Crippen LogP) is 2.15. The molecule has 1 aromatic heterocycles. The van der Waals surface area contributed by atoms with E-state index in [1.165, 1.54) is 0 Å². The summed E-state index contributed by atoms with van der Waals surface area (Å²) in [5.74, 6) is -0.909. The van der Waals surface area contributed by atoms with Crippen LogP contribution >= 0.6 is 0 Å². The minimum atomic E-state index is -0.909. The van der Waals surface area contributed by atoms with Gasteiger partial charge >= 0.3 is 12.1 Å². The predicted molar refractivity (Wildman–Crippen MR) is 88.6 cm³/mol. The Labute approximate surface area is 142 Å². The van der Waals surface area contributed by atoms with Crippen molar-refractivity contribution < 1.29 is 19.4 Å². The van der Waals surface area contributed by atoms with Crippen molar-refractivity contribution in [3.8, 4) is 0 Å². The van der Waals surface area contributed by atoms with E-state index in [0.717, 1.165) is 0 Å². The maximum absolute atomic E-state index is 12.2. The molecule has 1 atom stereocenters. The highest BCUT2D eigenvalue weighted by Crippen LogP contribution is 2.22. The quantitative estimate of drug-likeness (QED) is 0.911. The van der Waals surface area contributed by atoms with Crippen LogP contribution in [0, 0.1) is 0 Å². The van der Waals surface area contributed by atoms with Crippen molar-refractivity contribution in [3.63, 3.8) is 0 Å². The second-order valence-electron chi connectivity index (χ2n) is 6.88. The highest BCUT2D eigenvalue weighted by molar-refractivity contribution is 5.75. The summed E-state index contributed by atoms with van der Waals surface area (Å²) in [7, 11) is 0. The Balaban J connectivity index is 2.06. The number of ether oxygens (including phenoxy) is 1. The van der Waals surface area contributed by atoms with Gasteiger partial charge in [-0.15, -0.1) is 0 Å². The molecule has 0 bridgehead atoms. The molecule has 0 aliphatic carbocycles. The van der Waals surface area contributed by atoms with Gasteiger partial charge in [0, 0.05) is 38.6 Å². The molecule has 2 heterocycles. The standard InChI is InChI=1S/C17H25N3O4/c1-17(2,3)24-16(23)20-9-5-8-19(10-11-20)14(15(21)22)13-6-4-7-18-12-13/h4,6-7,12,14H,5,8-11H2,1-3H3,(H,21,22)/t14-/m0/s1. The molecule has 1 amide bonds. The van der Waals surface area contributed by atoms with Gasteiger partial charge in [0.1, 0.15) is 11.6 Å². The molecule has 0 radical (unpaired) electrons. The van der Waals surface area contributed by atoms with E-state index in [0.29, 0.717) is 38.2 Å². The number of carbonyl (C=O) groups is 2. The first-order valence-corrected chi connectivity index (χ1v) is 8.12. The maximum atomic E-state index is 12.2. The highest BCUT2D eigenvalue weighted by Gasteiger charge is 2.31. The van der Waals surface area contributed by atoms with Gasteiger partial charge in [-0.3, -0.25) is 14.7 Å². The molecule has 1 aliphatic rings. The molecule has 24 heavy (non-hydrogen) atoms. The second kappa shape index (κ2) is 7.61. The summed E-state index contributed by atoms with van der Waals surface area (Å²) >= 11 is 0. The van der Waals surface area contributed by atoms with Crippen LogP contribution in [-0.2, 0) is 9.53 Å². The van der Waals surface area contributed by atoms with Crippen LogP contribution in [0.25, 0.3) is 0 Å². The first-order chi connectivity index (χ1) is 11.3. The van der Waals surface area contributed by atoms with Gasteiger partial charge in [-0.1, -0.05) is 6.07 Å². The van der Waals surface area contributed by atoms with Crippen molar-refractivity contribution in [2.75, 3.05) is 26.2 Å². The molecule has 0 spiro atoms. The van der Waals surface area contributed by atoms with Crippen molar-refractivity contribution in [1.82, 2.24) is 14.8 Å². The number of carbonyl (C=O) groups excluding carboxylic acids is 1. The molecule has 0 aromatic carbocycles. The first kappa shape index (κ1) is 18.2. The van der Waals surface area contributed by atoms with E-state index in [2.05, 4.69) is 4.98 Å². The highest BCUT2D eigenvalue weighted by atomic mass is 16.6. The number of nitrogens with zero attached hydrogens (tertiary/aromatic N) is 3. The van der Waals surface area contributed by atoms with Crippen molar-refractivity contribution >= 4 is 12.1 Å². The molecule has 7 nitrogen and oxygen atoms in total. The third-order valence-electron chi connectivity index (χ3n) is 3.78. The van der Waals surface area contributed by atoms with Gasteiger partial charge in [0.25, 0.3) is 0 Å². The lowest BCUT2D eigenvalue weighted by Crippen LogP contribution is -2.40. The zero-order valence-electron chi connectivity index (χ0n) is 14.4. The number of rotatable bonds is 3. The van der Waals surface area contributed by atoms with Gasteiger partial charge in [-0.05, 0) is 38.8 Å². The van der Waals surface area contributed by atoms with Crippen LogP contribution < -0.4 is 0 Å². The Morgan fingerprint density at radius 1 is 1.25 bits per heavy atom. The lowest BCUT2D eigenvalue weighted by Gasteiger charge is -2.28. The number of amides is 1. The average Bonchev–Trinajstić information content (AvgIpc) is 2.72. The molecular weight excluding hydrogens is 310 g/mol. The fraction of sp³-hybridized carbons (Fsp3) is 0.588. The van der Waals surface area contributed by atoms with Crippen LogP contribution in [0.2, 0.25) is 0 Å². The van der Waals surface area contributed by atoms with Gasteiger partial charge in [0.05, 0.1) is 0 Å². The lowest BCUT2D eigenvalue weighted by molar-refractivity contribution is -0.143. The maximum Gasteiger partial charge on any atom is 0.410 e. The SMILES string of the molecule is CC(C)(C)OC(=O)N1CCCN([C@H](C(=O)O)c2cccnc2)CC1. The van der Waals surface area contributed by atoms with Crippen molar-refractivity contribution in [2.45, 2.75) is 38.8 Å². The Hall–Kier alpha value is -2.15. The fourth-order valence-electron chi connectivity index (χ4n) is 2.75. The number of hydrogen-bond donors (Lipinski definition) is 1. The number of hydrogen-bond acceptors (Lipinski definition) is 5. The summed E-state index contributed by atoms with van der Waals surface area (Å²) in [6.07, 6.45) is 3.55. The molecule has 7 heteroatoms. The van der Waals surface area contributed by atoms with E-state index in [1.807, 2.05) is 25.7 Å². The van der Waals surface area contributed by atoms with Crippen LogP contribution in [0.1, 0.15) is 38.8 Å². The number of carboxylic acid groups (broad SMARTS) is 1. The van der Waals surface area contributed by atoms with E-state index < -0.39 is 17.6 Å². The number of pyridine rings is 1. The third kappa shape index (κ3) is 4.92. The monoisotopic (exact) mass is 335 g/mol. The molecule has 1 aliphatic heterocycles. The van der Waals surface area contributed by atoms with Gasteiger partial charge in [0.2, 0.25) is 0 Å². The van der Waals surface area contributed by atoms with Crippen molar-refractivity contribution in [1.29, 1.82) is 0 Å². The molecule has 0 unspecified atom stereocenters. The normalized spacial score (nSPS) is 17.9. The van der Waals surface area contributed by atoms with E-state index in [-0.39, 0.29) is 6.09 Å². The van der Waals surface area contributed by atoms with Crippen molar-refractivity contribution in [2.24, 2.45) is 0 Å². The molecule has 2 rings (SSSR count). The Bertz CT molecular complexity index is 571. The first-order valence-electron chi connectivity index (χ1n) is 8.12. The van der Waals surface area contributed by atoms with Crippen LogP contribution in [0.15, 0.2) is 24.5 Å². The molecule has 0 saturated carbocycles. The molecule has 1 saturated heterocycles. The Kier molecular flexibility index (Phi) is 5.77. The topological polar surface area (TPSA) is 83.0 Å². The van der Waals surface area contributed by atoms with Crippen LogP contribution in [0.5, 0.6) is 0 Å². The van der Waals surface area contributed by atoms with Crippen LogP contribution in [0.4, 0.5) is 4.79 Å². The molecule has 1 fully saturated rings. The average molecular weight is 335 g/mol. The second-order valence-corrected chi connectivity index (χ2v) is 6.88. The summed E-state index contributed by atoms with van der Waals surface area (Å²) in [5, 5.41) is 9.62. The summed E-state index contributed by atoms with van der Waals surface area (Å²) in [6, 6.07) is 2.75. The smallest absolute Gasteiger partial charge is 0.410 e. The molecule has 1 N–H and O–H groups in total. The summed E-state index contributed by atoms with van der Waals surface area (Å²) in [6.45, 7) is 7.58. The summed E-state index contributed by atoms with van der Waals surface area (Å²) in [5.41, 5.74) is 0.110. The van der Waals surface area contributed by atoms with E-state index in [4.69, 9.17) is 4.74 Å². The minimum Gasteiger partial charge on any atom is -0.480 e. The van der Waals surface area contributed by atoms with Gasteiger partial charge in [-0.2, -0.15) is 0 Å². The summed E-state index contributed by atoms with van der Waals surface area (Å²) in [4.78, 5) is 31.5. The van der Waals surface area contributed by atoms with Crippen LogP contribution in [-0.4, -0.2) is 63.7 Å². The van der Waals surface area contributed by atoms with Crippen LogP contribution in [0.3, 0.4) is 0 Å². The zero-order valence-corrected chi connectivity index (χ0v) is 14.4. The Morgan fingerprint density at radius 3 is 2.58 bits per heavy atom. The van der Waals surface area contributed by atoms with E-state index >= 15 is 0 Å². The molecule has 132 valence electrons. The molecular formula is C17H25N3O4.